The van der Waals surface area contributed by atoms with Crippen molar-refractivity contribution < 1.29 is 22.7 Å². The van der Waals surface area contributed by atoms with E-state index in [0.717, 1.165) is 33.5 Å². The number of halogens is 3. The molecule has 1 N–H and O–H groups in total. The summed E-state index contributed by atoms with van der Waals surface area (Å²) in [5, 5.41) is 10.4. The number of methoxy groups -OCH3 is 1. The number of para-hydroxylation sites is 1. The van der Waals surface area contributed by atoms with Crippen LogP contribution in [0.5, 0.6) is 5.75 Å². The van der Waals surface area contributed by atoms with Gasteiger partial charge in [-0.15, -0.1) is 10.2 Å². The van der Waals surface area contributed by atoms with Crippen molar-refractivity contribution in [3.05, 3.63) is 59.7 Å². The largest absolute Gasteiger partial charge is 0.497 e. The van der Waals surface area contributed by atoms with Crippen molar-refractivity contribution in [1.82, 2.24) is 10.2 Å². The minimum Gasteiger partial charge on any atom is -0.497 e. The van der Waals surface area contributed by atoms with Crippen molar-refractivity contribution in [2.45, 2.75) is 20.6 Å². The Kier molecular flexibility index (Phi) is 7.62. The second kappa shape index (κ2) is 10.2. The van der Waals surface area contributed by atoms with Crippen molar-refractivity contribution in [3.8, 4) is 5.75 Å². The third-order valence-corrected chi connectivity index (χ3v) is 7.00. The molecule has 0 aliphatic rings. The predicted molar refractivity (Wildman–Crippen MR) is 113 cm³/mol. The molecule has 0 aliphatic carbocycles. The van der Waals surface area contributed by atoms with Crippen LogP contribution in [0, 0.1) is 0 Å². The van der Waals surface area contributed by atoms with Crippen molar-refractivity contribution >= 4 is 46.5 Å². The highest BCUT2D eigenvalue weighted by atomic mass is 32.2. The summed E-state index contributed by atoms with van der Waals surface area (Å²) in [5.74, 6) is 0.885. The van der Waals surface area contributed by atoms with E-state index in [1.165, 1.54) is 41.3 Å². The lowest BCUT2D eigenvalue weighted by atomic mass is 10.1. The molecule has 0 saturated heterocycles. The fourth-order valence-electron chi connectivity index (χ4n) is 2.33. The van der Waals surface area contributed by atoms with Crippen LogP contribution in [0.4, 0.5) is 18.9 Å². The first-order chi connectivity index (χ1) is 14.3. The van der Waals surface area contributed by atoms with Crippen LogP contribution in [0.15, 0.2) is 57.2 Å². The molecule has 0 unspecified atom stereocenters. The smallest absolute Gasteiger partial charge is 0.418 e. The molecule has 30 heavy (non-hydrogen) atoms. The molecule has 0 atom stereocenters. The van der Waals surface area contributed by atoms with Crippen LogP contribution in [0.3, 0.4) is 0 Å². The van der Waals surface area contributed by atoms with Crippen molar-refractivity contribution in [3.63, 3.8) is 0 Å². The van der Waals surface area contributed by atoms with Crippen LogP contribution in [0.1, 0.15) is 11.1 Å². The van der Waals surface area contributed by atoms with Crippen LogP contribution >= 0.6 is 34.9 Å². The molecule has 0 aliphatic heterocycles. The maximum absolute atomic E-state index is 13.0. The zero-order chi connectivity index (χ0) is 21.6. The molecule has 3 aromatic rings. The Labute approximate surface area is 183 Å². The van der Waals surface area contributed by atoms with Gasteiger partial charge in [-0.05, 0) is 29.8 Å². The molecule has 3 rings (SSSR count). The van der Waals surface area contributed by atoms with Crippen molar-refractivity contribution in [2.75, 3.05) is 18.2 Å². The Morgan fingerprint density at radius 2 is 1.73 bits per heavy atom. The van der Waals surface area contributed by atoms with E-state index in [0.29, 0.717) is 10.1 Å². The predicted octanol–water partition coefficient (Wildman–Crippen LogP) is 5.59. The van der Waals surface area contributed by atoms with Gasteiger partial charge in [-0.2, -0.15) is 13.2 Å². The molecule has 1 aromatic heterocycles. The molecule has 2 aromatic carbocycles. The van der Waals surface area contributed by atoms with Gasteiger partial charge in [-0.1, -0.05) is 59.1 Å². The lowest BCUT2D eigenvalue weighted by Crippen LogP contribution is -2.18. The SMILES string of the molecule is COc1ccc(CSc2nnc(SCC(=O)Nc3ccccc3C(F)(F)F)s2)cc1. The van der Waals surface area contributed by atoms with Gasteiger partial charge in [0.1, 0.15) is 5.75 Å². The lowest BCUT2D eigenvalue weighted by Gasteiger charge is -2.13. The molecular weight excluding hydrogens is 455 g/mol. The number of nitrogens with one attached hydrogen (secondary N) is 1. The summed E-state index contributed by atoms with van der Waals surface area (Å²) >= 11 is 3.98. The summed E-state index contributed by atoms with van der Waals surface area (Å²) in [4.78, 5) is 12.1. The maximum Gasteiger partial charge on any atom is 0.418 e. The number of hydrogen-bond acceptors (Lipinski definition) is 7. The van der Waals surface area contributed by atoms with E-state index in [1.807, 2.05) is 24.3 Å². The van der Waals surface area contributed by atoms with E-state index < -0.39 is 17.6 Å². The van der Waals surface area contributed by atoms with Gasteiger partial charge in [0.2, 0.25) is 5.91 Å². The number of hydrogen-bond donors (Lipinski definition) is 1. The van der Waals surface area contributed by atoms with Gasteiger partial charge in [-0.3, -0.25) is 4.79 Å². The third-order valence-electron chi connectivity index (χ3n) is 3.74. The fourth-order valence-corrected chi connectivity index (χ4v) is 5.11. The van der Waals surface area contributed by atoms with Crippen molar-refractivity contribution in [2.24, 2.45) is 0 Å². The van der Waals surface area contributed by atoms with Gasteiger partial charge in [0, 0.05) is 5.75 Å². The number of anilines is 1. The quantitative estimate of drug-likeness (QED) is 0.432. The maximum atomic E-state index is 13.0. The van der Waals surface area contributed by atoms with Gasteiger partial charge < -0.3 is 10.1 Å². The summed E-state index contributed by atoms with van der Waals surface area (Å²) in [7, 11) is 1.61. The number of carbonyl (C=O) groups is 1. The number of nitrogens with zero attached hydrogens (tertiary/aromatic N) is 2. The third kappa shape index (κ3) is 6.38. The van der Waals surface area contributed by atoms with Crippen LogP contribution in [0.25, 0.3) is 0 Å². The first-order valence-corrected chi connectivity index (χ1v) is 11.3. The van der Waals surface area contributed by atoms with E-state index >= 15 is 0 Å². The molecule has 1 heterocycles. The number of alkyl halides is 3. The Bertz CT molecular complexity index is 994. The first-order valence-electron chi connectivity index (χ1n) is 8.53. The van der Waals surface area contributed by atoms with E-state index in [4.69, 9.17) is 4.74 Å². The molecule has 1 amide bonds. The van der Waals surface area contributed by atoms with E-state index in [1.54, 1.807) is 7.11 Å². The number of aromatic nitrogens is 2. The molecule has 0 spiro atoms. The minimum absolute atomic E-state index is 0.0655. The second-order valence-corrected chi connectivity index (χ2v) is 9.27. The monoisotopic (exact) mass is 471 g/mol. The van der Waals surface area contributed by atoms with Gasteiger partial charge >= 0.3 is 6.18 Å². The number of amides is 1. The minimum atomic E-state index is -4.54. The molecule has 0 saturated carbocycles. The average Bonchev–Trinajstić information content (AvgIpc) is 3.19. The topological polar surface area (TPSA) is 64.1 Å². The molecule has 11 heteroatoms. The summed E-state index contributed by atoms with van der Waals surface area (Å²) in [6, 6.07) is 12.6. The lowest BCUT2D eigenvalue weighted by molar-refractivity contribution is -0.137. The van der Waals surface area contributed by atoms with Gasteiger partial charge in [0.25, 0.3) is 0 Å². The normalized spacial score (nSPS) is 11.3. The van der Waals surface area contributed by atoms with Crippen LogP contribution < -0.4 is 10.1 Å². The summed E-state index contributed by atoms with van der Waals surface area (Å²) in [6.45, 7) is 0. The number of benzene rings is 2. The van der Waals surface area contributed by atoms with Gasteiger partial charge in [0.05, 0.1) is 24.1 Å². The van der Waals surface area contributed by atoms with Gasteiger partial charge in [0.15, 0.2) is 8.68 Å². The standard InChI is InChI=1S/C19H16F3N3O2S3/c1-27-13-8-6-12(7-9-13)10-28-17-24-25-18(30-17)29-11-16(26)23-15-5-3-2-4-14(15)19(20,21)22/h2-9H,10-11H2,1H3,(H,23,26). The number of rotatable bonds is 8. The Balaban J connectivity index is 1.50. The highest BCUT2D eigenvalue weighted by Gasteiger charge is 2.33. The first kappa shape index (κ1) is 22.4. The van der Waals surface area contributed by atoms with Crippen LogP contribution in [-0.4, -0.2) is 29.0 Å². The highest BCUT2D eigenvalue weighted by Crippen LogP contribution is 2.35. The number of ether oxygens (including phenoxy) is 1. The van der Waals surface area contributed by atoms with E-state index in [9.17, 15) is 18.0 Å². The van der Waals surface area contributed by atoms with Crippen LogP contribution in [-0.2, 0) is 16.7 Å². The second-order valence-electron chi connectivity index (χ2n) is 5.85. The zero-order valence-electron chi connectivity index (χ0n) is 15.6. The Hall–Kier alpha value is -2.24. The van der Waals surface area contributed by atoms with E-state index in [-0.39, 0.29) is 11.4 Å². The highest BCUT2D eigenvalue weighted by molar-refractivity contribution is 8.03. The molecular formula is C19H16F3N3O2S3. The fraction of sp³-hybridized carbons (Fsp3) is 0.211. The molecule has 0 bridgehead atoms. The molecule has 0 fully saturated rings. The van der Waals surface area contributed by atoms with E-state index in [2.05, 4.69) is 15.5 Å². The number of carbonyl (C=O) groups excluding carboxylic acids is 1. The van der Waals surface area contributed by atoms with Gasteiger partial charge in [-0.25, -0.2) is 0 Å². The Morgan fingerprint density at radius 3 is 2.40 bits per heavy atom. The molecule has 158 valence electrons. The summed E-state index contributed by atoms with van der Waals surface area (Å²) in [6.07, 6.45) is -4.54. The average molecular weight is 472 g/mol. The number of thioether (sulfide) groups is 2. The summed E-state index contributed by atoms with van der Waals surface area (Å²) < 4.78 is 45.5. The molecule has 5 nitrogen and oxygen atoms in total. The zero-order valence-corrected chi connectivity index (χ0v) is 18.1. The molecule has 0 radical (unpaired) electrons. The summed E-state index contributed by atoms with van der Waals surface area (Å²) in [5.41, 5.74) is -0.0343. The van der Waals surface area contributed by atoms with Crippen LogP contribution in [0.2, 0.25) is 0 Å². The Morgan fingerprint density at radius 1 is 1.07 bits per heavy atom. The van der Waals surface area contributed by atoms with Crippen molar-refractivity contribution in [1.29, 1.82) is 0 Å².